The molecule has 1 N–H and O–H groups in total. The molecule has 0 radical (unpaired) electrons. The molecule has 0 rings (SSSR count). The third-order valence-electron chi connectivity index (χ3n) is 9.70. The van der Waals surface area contributed by atoms with Gasteiger partial charge >= 0.3 is 13.8 Å². The van der Waals surface area contributed by atoms with E-state index in [0.29, 0.717) is 24.1 Å². The van der Waals surface area contributed by atoms with Crippen molar-refractivity contribution in [2.45, 2.75) is 200 Å². The molecular weight excluding hydrogens is 709 g/mol. The molecule has 0 fully saturated rings. The van der Waals surface area contributed by atoms with Crippen LogP contribution < -0.4 is 0 Å². The average molecular weight is 799 g/mol. The lowest BCUT2D eigenvalue weighted by molar-refractivity contribution is -0.870. The van der Waals surface area contributed by atoms with Gasteiger partial charge in [0.15, 0.2) is 0 Å². The molecule has 0 heterocycles. The summed E-state index contributed by atoms with van der Waals surface area (Å²) in [5.74, 6) is -0.317. The summed E-state index contributed by atoms with van der Waals surface area (Å²) in [5, 5.41) is 0. The van der Waals surface area contributed by atoms with E-state index in [0.717, 1.165) is 51.4 Å². The van der Waals surface area contributed by atoms with Gasteiger partial charge in [0, 0.05) is 13.0 Å². The van der Waals surface area contributed by atoms with Crippen LogP contribution in [0, 0.1) is 0 Å². The Balaban J connectivity index is 4.20. The molecule has 0 aromatic carbocycles. The number of carbonyl (C=O) groups excluding carboxylic acids is 1. The Hall–Kier alpha value is -1.28. The van der Waals surface area contributed by atoms with E-state index in [-0.39, 0.29) is 25.8 Å². The van der Waals surface area contributed by atoms with Crippen LogP contribution in [0.25, 0.3) is 0 Å². The Morgan fingerprint density at radius 2 is 1.00 bits per heavy atom. The number of rotatable bonds is 42. The van der Waals surface area contributed by atoms with Gasteiger partial charge in [-0.05, 0) is 51.4 Å². The minimum absolute atomic E-state index is 0.0872. The van der Waals surface area contributed by atoms with Gasteiger partial charge in [0.2, 0.25) is 0 Å². The van der Waals surface area contributed by atoms with E-state index in [1.165, 1.54) is 122 Å². The number of hydrogen-bond donors (Lipinski definition) is 1. The average Bonchev–Trinajstić information content (AvgIpc) is 3.13. The highest BCUT2D eigenvalue weighted by molar-refractivity contribution is 7.47. The van der Waals surface area contributed by atoms with E-state index in [1.807, 2.05) is 21.1 Å². The first-order valence-electron chi connectivity index (χ1n) is 22.7. The van der Waals surface area contributed by atoms with E-state index >= 15 is 0 Å². The van der Waals surface area contributed by atoms with Crippen LogP contribution in [-0.4, -0.2) is 75.6 Å². The van der Waals surface area contributed by atoms with Crippen molar-refractivity contribution in [1.29, 1.82) is 0 Å². The summed E-state index contributed by atoms with van der Waals surface area (Å²) in [7, 11) is 1.66. The molecule has 0 amide bonds. The number of phosphoric acid groups is 1. The highest BCUT2D eigenvalue weighted by Gasteiger charge is 2.26. The van der Waals surface area contributed by atoms with Crippen LogP contribution in [-0.2, 0) is 27.9 Å². The van der Waals surface area contributed by atoms with Crippen molar-refractivity contribution in [1.82, 2.24) is 0 Å². The first-order valence-corrected chi connectivity index (χ1v) is 24.2. The predicted molar refractivity (Wildman–Crippen MR) is 233 cm³/mol. The molecule has 0 aliphatic rings. The summed E-state index contributed by atoms with van der Waals surface area (Å²) < 4.78 is 35.0. The van der Waals surface area contributed by atoms with E-state index < -0.39 is 13.9 Å². The van der Waals surface area contributed by atoms with Gasteiger partial charge in [-0.2, -0.15) is 0 Å². The molecule has 55 heavy (non-hydrogen) atoms. The molecule has 0 saturated carbocycles. The summed E-state index contributed by atoms with van der Waals surface area (Å²) in [5.41, 5.74) is 0. The second kappa shape index (κ2) is 39.5. The SMILES string of the molecule is CCCCC/C=C\C/C=C\C/C=C\CCCCCCCCCOCC(COP(=O)(O)OCC[N+](C)(C)C)OC(=O)CCCCCCCCCCCCCCC. The van der Waals surface area contributed by atoms with Crippen molar-refractivity contribution in [2.24, 2.45) is 0 Å². The van der Waals surface area contributed by atoms with E-state index in [1.54, 1.807) is 0 Å². The van der Waals surface area contributed by atoms with Crippen molar-refractivity contribution in [2.75, 3.05) is 54.1 Å². The van der Waals surface area contributed by atoms with Crippen LogP contribution in [0.4, 0.5) is 0 Å². The summed E-state index contributed by atoms with van der Waals surface area (Å²) in [6.07, 6.45) is 46.0. The third kappa shape index (κ3) is 43.7. The van der Waals surface area contributed by atoms with Gasteiger partial charge in [-0.3, -0.25) is 13.8 Å². The zero-order chi connectivity index (χ0) is 40.6. The van der Waals surface area contributed by atoms with Gasteiger partial charge in [-0.1, -0.05) is 172 Å². The molecule has 2 atom stereocenters. The van der Waals surface area contributed by atoms with Crippen molar-refractivity contribution < 1.29 is 37.3 Å². The fourth-order valence-corrected chi connectivity index (χ4v) is 6.89. The molecule has 0 saturated heterocycles. The molecule has 2 unspecified atom stereocenters. The van der Waals surface area contributed by atoms with Crippen molar-refractivity contribution >= 4 is 13.8 Å². The minimum atomic E-state index is -4.27. The molecule has 324 valence electrons. The number of allylic oxidation sites excluding steroid dienone is 6. The maximum Gasteiger partial charge on any atom is 0.472 e. The smallest absolute Gasteiger partial charge is 0.457 e. The number of likely N-dealkylation sites (N-methyl/N-ethyl adjacent to an activating group) is 1. The molecule has 0 bridgehead atoms. The van der Waals surface area contributed by atoms with Gasteiger partial charge in [0.05, 0.1) is 34.4 Å². The minimum Gasteiger partial charge on any atom is -0.457 e. The maximum absolute atomic E-state index is 12.7. The highest BCUT2D eigenvalue weighted by Crippen LogP contribution is 2.43. The molecule has 0 aliphatic carbocycles. The fourth-order valence-electron chi connectivity index (χ4n) is 6.15. The first-order chi connectivity index (χ1) is 26.6. The molecule has 0 aromatic rings. The monoisotopic (exact) mass is 799 g/mol. The summed E-state index contributed by atoms with van der Waals surface area (Å²) >= 11 is 0. The zero-order valence-electron chi connectivity index (χ0n) is 36.7. The number of quaternary nitrogens is 1. The van der Waals surface area contributed by atoms with E-state index in [4.69, 9.17) is 18.5 Å². The Bertz CT molecular complexity index is 978. The number of carbonyl (C=O) groups is 1. The molecule has 9 heteroatoms. The Kier molecular flexibility index (Phi) is 38.6. The zero-order valence-corrected chi connectivity index (χ0v) is 37.6. The number of nitrogens with zero attached hydrogens (tertiary/aromatic N) is 1. The van der Waals surface area contributed by atoms with Crippen LogP contribution in [0.15, 0.2) is 36.5 Å². The Morgan fingerprint density at radius 1 is 0.564 bits per heavy atom. The van der Waals surface area contributed by atoms with Crippen LogP contribution in [0.3, 0.4) is 0 Å². The van der Waals surface area contributed by atoms with Crippen molar-refractivity contribution in [3.8, 4) is 0 Å². The summed E-state index contributed by atoms with van der Waals surface area (Å²) in [4.78, 5) is 22.9. The molecular formula is C46H89NO7P+. The lowest BCUT2D eigenvalue weighted by Crippen LogP contribution is -2.37. The standard InChI is InChI=1S/C46H88NO7P/c1-6-8-10-12-14-16-18-20-21-22-23-24-25-26-28-30-32-34-36-38-41-51-43-45(44-53-55(49,50)52-42-40-47(3,4)5)54-46(48)39-37-35-33-31-29-27-19-17-15-13-11-9-7-2/h14,16,20-21,23-24,45H,6-13,15,17-19,22,25-44H2,1-5H3/p+1/b16-14-,21-20-,24-23-. The van der Waals surface area contributed by atoms with E-state index in [9.17, 15) is 14.3 Å². The fraction of sp³-hybridized carbons (Fsp3) is 0.848. The lowest BCUT2D eigenvalue weighted by Gasteiger charge is -2.24. The number of esters is 1. The maximum atomic E-state index is 12.7. The number of unbranched alkanes of at least 4 members (excludes halogenated alkanes) is 22. The number of phosphoric ester groups is 1. The van der Waals surface area contributed by atoms with Crippen LogP contribution in [0.2, 0.25) is 0 Å². The molecule has 0 aromatic heterocycles. The van der Waals surface area contributed by atoms with Gasteiger partial charge in [0.25, 0.3) is 0 Å². The Labute approximate surface area is 340 Å². The quantitative estimate of drug-likeness (QED) is 0.0216. The van der Waals surface area contributed by atoms with Gasteiger partial charge in [-0.15, -0.1) is 0 Å². The number of hydrogen-bond acceptors (Lipinski definition) is 6. The second-order valence-corrected chi connectivity index (χ2v) is 17.9. The third-order valence-corrected chi connectivity index (χ3v) is 10.7. The van der Waals surface area contributed by atoms with Crippen LogP contribution in [0.5, 0.6) is 0 Å². The van der Waals surface area contributed by atoms with Crippen LogP contribution >= 0.6 is 7.82 Å². The molecule has 0 spiro atoms. The largest absolute Gasteiger partial charge is 0.472 e. The van der Waals surface area contributed by atoms with E-state index in [2.05, 4.69) is 50.3 Å². The van der Waals surface area contributed by atoms with Gasteiger partial charge < -0.3 is 18.9 Å². The predicted octanol–water partition coefficient (Wildman–Crippen LogP) is 13.4. The lowest BCUT2D eigenvalue weighted by atomic mass is 10.0. The highest BCUT2D eigenvalue weighted by atomic mass is 31.2. The molecule has 8 nitrogen and oxygen atoms in total. The second-order valence-electron chi connectivity index (χ2n) is 16.4. The summed E-state index contributed by atoms with van der Waals surface area (Å²) in [6, 6.07) is 0. The topological polar surface area (TPSA) is 91.3 Å². The number of ether oxygens (including phenoxy) is 2. The Morgan fingerprint density at radius 3 is 1.53 bits per heavy atom. The molecule has 0 aliphatic heterocycles. The summed E-state index contributed by atoms with van der Waals surface area (Å²) in [6.45, 7) is 5.59. The first kappa shape index (κ1) is 53.7. The van der Waals surface area contributed by atoms with Crippen molar-refractivity contribution in [3.05, 3.63) is 36.5 Å². The van der Waals surface area contributed by atoms with Gasteiger partial charge in [-0.25, -0.2) is 4.57 Å². The van der Waals surface area contributed by atoms with Gasteiger partial charge in [0.1, 0.15) is 19.3 Å². The normalized spacial score (nSPS) is 14.1. The van der Waals surface area contributed by atoms with Crippen LogP contribution in [0.1, 0.15) is 194 Å². The van der Waals surface area contributed by atoms with Crippen molar-refractivity contribution in [3.63, 3.8) is 0 Å².